The van der Waals surface area contributed by atoms with Crippen molar-refractivity contribution >= 4 is 66.3 Å². The van der Waals surface area contributed by atoms with Crippen LogP contribution >= 0.6 is 42.6 Å². The van der Waals surface area contributed by atoms with Gasteiger partial charge in [-0.1, -0.05) is 98.9 Å². The molecule has 0 aromatic rings. The van der Waals surface area contributed by atoms with Gasteiger partial charge in [-0.25, -0.2) is 0 Å². The molecule has 0 saturated carbocycles. The standard InChI is InChI=1S/C11H20P2S5/c1-8(2,3)10-7-11(9(4,5)6)16-12(10,14)18-13(10,15)17-11/h7H2,1-6H3/t10?,11?,12-,13+. The van der Waals surface area contributed by atoms with Gasteiger partial charge >= 0.3 is 0 Å². The third-order valence-electron chi connectivity index (χ3n) is 4.48. The van der Waals surface area contributed by atoms with Crippen LogP contribution in [0.25, 0.3) is 0 Å². The number of hydrogen-bond donors (Lipinski definition) is 0. The summed E-state index contributed by atoms with van der Waals surface area (Å²) < 4.78 is -2.38. The Kier molecular flexibility index (Phi) is 3.08. The molecular formula is C11H20P2S5. The highest BCUT2D eigenvalue weighted by Crippen LogP contribution is 3.23. The molecule has 104 valence electrons. The first kappa shape index (κ1) is 15.3. The van der Waals surface area contributed by atoms with Gasteiger partial charge < -0.3 is 0 Å². The molecule has 0 aromatic carbocycles. The van der Waals surface area contributed by atoms with E-state index in [1.165, 1.54) is 6.42 Å². The van der Waals surface area contributed by atoms with E-state index in [1.807, 2.05) is 0 Å². The SMILES string of the molecule is CC(C)(C)C12CC3(C(C)(C)C)[P@@](=S)(S1)S[P@@]3(=S)S2. The molecule has 2 bridgehead atoms. The van der Waals surface area contributed by atoms with Crippen LogP contribution < -0.4 is 0 Å². The lowest BCUT2D eigenvalue weighted by Gasteiger charge is -2.61. The summed E-state index contributed by atoms with van der Waals surface area (Å²) >= 11 is 18.8. The summed E-state index contributed by atoms with van der Waals surface area (Å²) in [6, 6.07) is 0. The van der Waals surface area contributed by atoms with Crippen LogP contribution in [0.15, 0.2) is 0 Å². The molecule has 0 N–H and O–H groups in total. The number of rotatable bonds is 0. The van der Waals surface area contributed by atoms with Crippen molar-refractivity contribution in [2.45, 2.75) is 56.9 Å². The second-order valence-electron chi connectivity index (χ2n) is 7.51. The van der Waals surface area contributed by atoms with Crippen LogP contribution in [-0.2, 0) is 23.6 Å². The van der Waals surface area contributed by atoms with E-state index in [0.717, 1.165) is 0 Å². The van der Waals surface area contributed by atoms with Crippen molar-refractivity contribution in [3.63, 3.8) is 0 Å². The van der Waals surface area contributed by atoms with Crippen LogP contribution in [0, 0.1) is 10.8 Å². The minimum absolute atomic E-state index is 0.285. The Labute approximate surface area is 133 Å². The normalized spacial score (nSPS) is 54.6. The van der Waals surface area contributed by atoms with Gasteiger partial charge in [0.2, 0.25) is 0 Å². The Hall–Kier alpha value is 2.35. The van der Waals surface area contributed by atoms with Crippen LogP contribution in [0.3, 0.4) is 0 Å². The zero-order chi connectivity index (χ0) is 13.8. The molecule has 0 aromatic heterocycles. The molecule has 3 fully saturated rings. The summed E-state index contributed by atoms with van der Waals surface area (Å²) in [6.07, 6.45) is 1.28. The van der Waals surface area contributed by atoms with E-state index in [0.29, 0.717) is 14.4 Å². The third kappa shape index (κ3) is 1.42. The van der Waals surface area contributed by atoms with Crippen molar-refractivity contribution in [1.82, 2.24) is 0 Å². The van der Waals surface area contributed by atoms with Gasteiger partial charge in [-0.3, -0.25) is 0 Å². The Morgan fingerprint density at radius 2 is 1.33 bits per heavy atom. The summed E-state index contributed by atoms with van der Waals surface area (Å²) in [6.45, 7) is 14.3. The lowest BCUT2D eigenvalue weighted by atomic mass is 9.81. The van der Waals surface area contributed by atoms with E-state index in [1.54, 1.807) is 0 Å². The minimum Gasteiger partial charge on any atom is -0.0938 e. The van der Waals surface area contributed by atoms with Crippen molar-refractivity contribution in [3.05, 3.63) is 0 Å². The maximum absolute atomic E-state index is 6.18. The second kappa shape index (κ2) is 3.63. The second-order valence-corrected chi connectivity index (χ2v) is 30.6. The van der Waals surface area contributed by atoms with Crippen molar-refractivity contribution in [2.24, 2.45) is 10.8 Å². The fraction of sp³-hybridized carbons (Fsp3) is 1.00. The first-order valence-corrected chi connectivity index (χ1v) is 16.6. The summed E-state index contributed by atoms with van der Waals surface area (Å²) in [7, 11) is 0. The van der Waals surface area contributed by atoms with Crippen molar-refractivity contribution in [1.29, 1.82) is 0 Å². The van der Waals surface area contributed by atoms with Gasteiger partial charge in [0.1, 0.15) is 0 Å². The van der Waals surface area contributed by atoms with Gasteiger partial charge in [-0.2, -0.15) is 0 Å². The highest BCUT2D eigenvalue weighted by atomic mass is 33.5. The average molecular weight is 375 g/mol. The van der Waals surface area contributed by atoms with Gasteiger partial charge in [-0.05, 0) is 17.3 Å². The molecule has 3 aliphatic rings. The van der Waals surface area contributed by atoms with Crippen LogP contribution in [0.4, 0.5) is 0 Å². The van der Waals surface area contributed by atoms with E-state index in [2.05, 4.69) is 75.3 Å². The van der Waals surface area contributed by atoms with Gasteiger partial charge in [0.25, 0.3) is 0 Å². The van der Waals surface area contributed by atoms with Crippen LogP contribution in [-0.4, -0.2) is 8.98 Å². The molecule has 0 aliphatic carbocycles. The predicted molar refractivity (Wildman–Crippen MR) is 100 cm³/mol. The molecule has 18 heavy (non-hydrogen) atoms. The maximum atomic E-state index is 6.18. The molecule has 3 saturated heterocycles. The highest BCUT2D eigenvalue weighted by molar-refractivity contribution is 9.35. The monoisotopic (exact) mass is 374 g/mol. The lowest BCUT2D eigenvalue weighted by molar-refractivity contribution is 0.294. The number of hydrogen-bond acceptors (Lipinski definition) is 5. The molecule has 3 aliphatic heterocycles. The van der Waals surface area contributed by atoms with Crippen LogP contribution in [0.5, 0.6) is 0 Å². The molecule has 2 unspecified atom stereocenters. The van der Waals surface area contributed by atoms with E-state index in [4.69, 9.17) is 23.6 Å². The molecular weight excluding hydrogens is 354 g/mol. The lowest BCUT2D eigenvalue weighted by Crippen LogP contribution is -2.40. The fourth-order valence-electron chi connectivity index (χ4n) is 3.19. The van der Waals surface area contributed by atoms with Gasteiger partial charge in [0.05, 0.1) is 17.9 Å². The zero-order valence-corrected chi connectivity index (χ0v) is 17.5. The van der Waals surface area contributed by atoms with Gasteiger partial charge in [0.15, 0.2) is 0 Å². The molecule has 0 amide bonds. The average Bonchev–Trinajstić information content (AvgIpc) is 2.42. The highest BCUT2D eigenvalue weighted by Gasteiger charge is 2.85. The van der Waals surface area contributed by atoms with E-state index in [9.17, 15) is 0 Å². The van der Waals surface area contributed by atoms with E-state index >= 15 is 0 Å². The minimum atomic E-state index is -1.35. The van der Waals surface area contributed by atoms with Crippen molar-refractivity contribution in [3.8, 4) is 0 Å². The molecule has 4 atom stereocenters. The largest absolute Gasteiger partial charge is 0.0938 e. The molecule has 0 nitrogen and oxygen atoms in total. The third-order valence-corrected chi connectivity index (χ3v) is 40.4. The Morgan fingerprint density at radius 3 is 1.61 bits per heavy atom. The molecule has 0 radical (unpaired) electrons. The quantitative estimate of drug-likeness (QED) is 0.430. The predicted octanol–water partition coefficient (Wildman–Crippen LogP) is 6.72. The Bertz CT molecular complexity index is 499. The van der Waals surface area contributed by atoms with Gasteiger partial charge in [0, 0.05) is 0 Å². The Morgan fingerprint density at radius 1 is 0.889 bits per heavy atom. The van der Waals surface area contributed by atoms with Crippen molar-refractivity contribution in [2.75, 3.05) is 0 Å². The molecule has 3 heterocycles. The fourth-order valence-corrected chi connectivity index (χ4v) is 65.5. The first-order valence-electron chi connectivity index (χ1n) is 6.16. The number of fused-ring (bicyclic) bond motifs is 1. The molecule has 0 spiro atoms. The summed E-state index contributed by atoms with van der Waals surface area (Å²) in [4.78, 5) is 0.338. The zero-order valence-electron chi connectivity index (χ0n) is 11.6. The summed E-state index contributed by atoms with van der Waals surface area (Å²) in [5, 5.41) is 0. The maximum Gasteiger partial charge on any atom is 0.0786 e. The smallest absolute Gasteiger partial charge is 0.0786 e. The van der Waals surface area contributed by atoms with Crippen molar-refractivity contribution < 1.29 is 0 Å². The summed E-state index contributed by atoms with van der Waals surface area (Å²) in [5.41, 5.74) is 0.591. The van der Waals surface area contributed by atoms with Crippen LogP contribution in [0.2, 0.25) is 0 Å². The van der Waals surface area contributed by atoms with E-state index in [-0.39, 0.29) is 5.41 Å². The Balaban J connectivity index is 2.22. The molecule has 7 heteroatoms. The van der Waals surface area contributed by atoms with Gasteiger partial charge in [-0.15, -0.1) is 0 Å². The van der Waals surface area contributed by atoms with Crippen LogP contribution in [0.1, 0.15) is 48.0 Å². The molecule has 3 rings (SSSR count). The topological polar surface area (TPSA) is 0 Å². The first-order chi connectivity index (χ1) is 7.83. The summed E-state index contributed by atoms with van der Waals surface area (Å²) in [5.74, 6) is 0. The van der Waals surface area contributed by atoms with E-state index < -0.39 is 8.88 Å².